The lowest BCUT2D eigenvalue weighted by Gasteiger charge is -2.38. The van der Waals surface area contributed by atoms with Crippen LogP contribution < -0.4 is 5.32 Å². The number of carbonyl (C=O) groups excluding carboxylic acids is 3. The highest BCUT2D eigenvalue weighted by Gasteiger charge is 2.51. The van der Waals surface area contributed by atoms with E-state index in [-0.39, 0.29) is 13.2 Å². The topological polar surface area (TPSA) is 75.7 Å². The minimum Gasteiger partial charge on any atom is -0.383 e. The number of nitrogens with zero attached hydrogens (tertiary/aromatic N) is 1. The molecule has 0 aliphatic carbocycles. The summed E-state index contributed by atoms with van der Waals surface area (Å²) in [7, 11) is 1.49. The van der Waals surface area contributed by atoms with Gasteiger partial charge in [0.1, 0.15) is 5.41 Å². The van der Waals surface area contributed by atoms with Gasteiger partial charge in [0.05, 0.1) is 13.2 Å². The molecule has 1 fully saturated rings. The van der Waals surface area contributed by atoms with E-state index >= 15 is 0 Å². The Kier molecular flexibility index (Phi) is 4.22. The Morgan fingerprint density at radius 1 is 1.24 bits per heavy atom. The van der Waals surface area contributed by atoms with Crippen molar-refractivity contribution in [2.45, 2.75) is 26.7 Å². The maximum absolute atomic E-state index is 12.2. The first kappa shape index (κ1) is 13.6. The van der Waals surface area contributed by atoms with E-state index in [1.54, 1.807) is 13.8 Å². The van der Waals surface area contributed by atoms with Crippen LogP contribution in [0.25, 0.3) is 0 Å². The molecule has 0 saturated carbocycles. The van der Waals surface area contributed by atoms with Crippen molar-refractivity contribution in [3.63, 3.8) is 0 Å². The molecular weight excluding hydrogens is 224 g/mol. The summed E-state index contributed by atoms with van der Waals surface area (Å²) in [6, 6.07) is -0.658. The average Bonchev–Trinajstić information content (AvgIpc) is 2.30. The van der Waals surface area contributed by atoms with E-state index in [2.05, 4.69) is 5.32 Å². The molecule has 6 heteroatoms. The third-order valence-electron chi connectivity index (χ3n) is 3.28. The van der Waals surface area contributed by atoms with E-state index in [0.717, 1.165) is 4.90 Å². The van der Waals surface area contributed by atoms with Crippen LogP contribution in [0.3, 0.4) is 0 Å². The highest BCUT2D eigenvalue weighted by molar-refractivity contribution is 6.19. The van der Waals surface area contributed by atoms with Gasteiger partial charge in [0.15, 0.2) is 0 Å². The number of imide groups is 2. The standard InChI is InChI=1S/C11H18N2O4/c1-4-11(5-2)8(14)12-10(16)13(9(11)15)6-7-17-3/h4-7H2,1-3H3,(H,12,14,16). The molecular formula is C11H18N2O4. The minimum absolute atomic E-state index is 0.163. The molecule has 0 aromatic heterocycles. The molecule has 1 aliphatic heterocycles. The molecule has 1 aliphatic rings. The van der Waals surface area contributed by atoms with Crippen molar-refractivity contribution in [1.82, 2.24) is 10.2 Å². The van der Waals surface area contributed by atoms with Crippen molar-refractivity contribution in [3.8, 4) is 0 Å². The van der Waals surface area contributed by atoms with Gasteiger partial charge in [-0.25, -0.2) is 4.79 Å². The summed E-state index contributed by atoms with van der Waals surface area (Å²) in [5.41, 5.74) is -1.11. The predicted molar refractivity (Wildman–Crippen MR) is 60.1 cm³/mol. The predicted octanol–water partition coefficient (Wildman–Crippen LogP) is 0.518. The SMILES string of the molecule is CCC1(CC)C(=O)NC(=O)N(CCOC)C1=O. The van der Waals surface area contributed by atoms with Gasteiger partial charge in [0.2, 0.25) is 11.8 Å². The van der Waals surface area contributed by atoms with Crippen molar-refractivity contribution in [2.24, 2.45) is 5.41 Å². The fourth-order valence-electron chi connectivity index (χ4n) is 1.99. The van der Waals surface area contributed by atoms with Crippen LogP contribution >= 0.6 is 0 Å². The first-order valence-electron chi connectivity index (χ1n) is 5.69. The third kappa shape index (κ3) is 2.17. The van der Waals surface area contributed by atoms with Crippen molar-refractivity contribution >= 4 is 17.8 Å². The van der Waals surface area contributed by atoms with Crippen LogP contribution in [0.5, 0.6) is 0 Å². The molecule has 0 aromatic carbocycles. The lowest BCUT2D eigenvalue weighted by atomic mass is 9.78. The highest BCUT2D eigenvalue weighted by atomic mass is 16.5. The largest absolute Gasteiger partial charge is 0.383 e. The summed E-state index contributed by atoms with van der Waals surface area (Å²) in [6.45, 7) is 3.96. The third-order valence-corrected chi connectivity index (χ3v) is 3.28. The van der Waals surface area contributed by atoms with Gasteiger partial charge in [-0.15, -0.1) is 0 Å². The normalized spacial score (nSPS) is 19.5. The number of hydrogen-bond acceptors (Lipinski definition) is 4. The van der Waals surface area contributed by atoms with Gasteiger partial charge in [-0.3, -0.25) is 19.8 Å². The van der Waals surface area contributed by atoms with Gasteiger partial charge in [0.25, 0.3) is 0 Å². The number of ether oxygens (including phenoxy) is 1. The lowest BCUT2D eigenvalue weighted by Crippen LogP contribution is -2.64. The van der Waals surface area contributed by atoms with E-state index in [0.29, 0.717) is 12.8 Å². The number of barbiturate groups is 1. The molecule has 0 bridgehead atoms. The van der Waals surface area contributed by atoms with Crippen LogP contribution in [-0.2, 0) is 14.3 Å². The molecule has 96 valence electrons. The van der Waals surface area contributed by atoms with Gasteiger partial charge in [-0.05, 0) is 12.8 Å². The Bertz CT molecular complexity index is 336. The second kappa shape index (κ2) is 5.27. The van der Waals surface area contributed by atoms with Gasteiger partial charge in [-0.2, -0.15) is 0 Å². The first-order valence-corrected chi connectivity index (χ1v) is 5.69. The maximum Gasteiger partial charge on any atom is 0.330 e. The molecule has 0 unspecified atom stereocenters. The summed E-state index contributed by atoms with van der Waals surface area (Å²) in [4.78, 5) is 36.6. The van der Waals surface area contributed by atoms with E-state index in [1.807, 2.05) is 0 Å². The zero-order valence-corrected chi connectivity index (χ0v) is 10.4. The molecule has 1 saturated heterocycles. The molecule has 17 heavy (non-hydrogen) atoms. The van der Waals surface area contributed by atoms with Crippen molar-refractivity contribution in [3.05, 3.63) is 0 Å². The summed E-state index contributed by atoms with van der Waals surface area (Å²) in [6.07, 6.45) is 0.760. The first-order chi connectivity index (χ1) is 8.03. The number of nitrogens with one attached hydrogen (secondary N) is 1. The molecule has 4 amide bonds. The Morgan fingerprint density at radius 3 is 2.29 bits per heavy atom. The second-order valence-electron chi connectivity index (χ2n) is 4.00. The molecule has 0 spiro atoms. The fourth-order valence-corrected chi connectivity index (χ4v) is 1.99. The Labute approximate surface area is 100 Å². The summed E-state index contributed by atoms with van der Waals surface area (Å²) in [5.74, 6) is -0.917. The number of urea groups is 1. The molecule has 1 heterocycles. The van der Waals surface area contributed by atoms with Crippen molar-refractivity contribution in [2.75, 3.05) is 20.3 Å². The maximum atomic E-state index is 12.2. The summed E-state index contributed by atoms with van der Waals surface area (Å²) >= 11 is 0. The average molecular weight is 242 g/mol. The Hall–Kier alpha value is -1.43. The zero-order chi connectivity index (χ0) is 13.1. The summed E-state index contributed by atoms with van der Waals surface area (Å²) < 4.78 is 4.84. The summed E-state index contributed by atoms with van der Waals surface area (Å²) in [5, 5.41) is 2.23. The number of rotatable bonds is 5. The number of amides is 4. The van der Waals surface area contributed by atoms with E-state index in [4.69, 9.17) is 4.74 Å². The van der Waals surface area contributed by atoms with Crippen LogP contribution in [0, 0.1) is 5.41 Å². The molecule has 0 aromatic rings. The molecule has 1 rings (SSSR count). The number of carbonyl (C=O) groups is 3. The van der Waals surface area contributed by atoms with E-state index in [1.165, 1.54) is 7.11 Å². The van der Waals surface area contributed by atoms with Crippen molar-refractivity contribution in [1.29, 1.82) is 0 Å². The van der Waals surface area contributed by atoms with Gasteiger partial charge < -0.3 is 4.74 Å². The van der Waals surface area contributed by atoms with E-state index < -0.39 is 23.3 Å². The molecule has 0 atom stereocenters. The second-order valence-corrected chi connectivity index (χ2v) is 4.00. The monoisotopic (exact) mass is 242 g/mol. The van der Waals surface area contributed by atoms with Crippen LogP contribution in [0.15, 0.2) is 0 Å². The lowest BCUT2D eigenvalue weighted by molar-refractivity contribution is -0.152. The Morgan fingerprint density at radius 2 is 1.82 bits per heavy atom. The van der Waals surface area contributed by atoms with Gasteiger partial charge in [-0.1, -0.05) is 13.8 Å². The van der Waals surface area contributed by atoms with Gasteiger partial charge in [0, 0.05) is 7.11 Å². The Balaban J connectivity index is 2.98. The smallest absolute Gasteiger partial charge is 0.330 e. The number of methoxy groups -OCH3 is 1. The van der Waals surface area contributed by atoms with Crippen LogP contribution in [0.2, 0.25) is 0 Å². The van der Waals surface area contributed by atoms with Crippen LogP contribution in [0.4, 0.5) is 4.79 Å². The fraction of sp³-hybridized carbons (Fsp3) is 0.727. The number of hydrogen-bond donors (Lipinski definition) is 1. The quantitative estimate of drug-likeness (QED) is 0.713. The molecule has 0 radical (unpaired) electrons. The highest BCUT2D eigenvalue weighted by Crippen LogP contribution is 2.32. The van der Waals surface area contributed by atoms with Crippen molar-refractivity contribution < 1.29 is 19.1 Å². The van der Waals surface area contributed by atoms with Gasteiger partial charge >= 0.3 is 6.03 Å². The zero-order valence-electron chi connectivity index (χ0n) is 10.4. The molecule has 1 N–H and O–H groups in total. The molecule has 6 nitrogen and oxygen atoms in total. The van der Waals surface area contributed by atoms with E-state index in [9.17, 15) is 14.4 Å². The van der Waals surface area contributed by atoms with Crippen LogP contribution in [-0.4, -0.2) is 43.0 Å². The van der Waals surface area contributed by atoms with Crippen LogP contribution in [0.1, 0.15) is 26.7 Å². The minimum atomic E-state index is -1.11.